The maximum Gasteiger partial charge on any atom is 0.191 e. The molecular weight excluding hydrogens is 604 g/mol. The van der Waals surface area contributed by atoms with Crippen LogP contribution in [0.25, 0.3) is 33.2 Å². The molecule has 0 fully saturated rings. The second kappa shape index (κ2) is 10.5. The first-order valence-corrected chi connectivity index (χ1v) is 12.4. The second-order valence-corrected chi connectivity index (χ2v) is 9.75. The molecule has 4 heterocycles. The minimum atomic E-state index is -0.520. The lowest BCUT2D eigenvalue weighted by molar-refractivity contribution is -0.603. The van der Waals surface area contributed by atoms with Crippen molar-refractivity contribution in [3.8, 4) is 11.4 Å². The van der Waals surface area contributed by atoms with E-state index in [-0.39, 0.29) is 20.1 Å². The van der Waals surface area contributed by atoms with Crippen LogP contribution in [0.3, 0.4) is 0 Å². The molecule has 2 aromatic carbocycles. The lowest BCUT2D eigenvalue weighted by Crippen LogP contribution is -2.23. The predicted octanol–water partition coefficient (Wildman–Crippen LogP) is 7.62. The summed E-state index contributed by atoms with van der Waals surface area (Å²) in [5.74, 6) is -1.02. The van der Waals surface area contributed by atoms with Crippen LogP contribution in [0.15, 0.2) is 67.4 Å². The largest absolute Gasteiger partial charge is 0.619 e. The predicted molar refractivity (Wildman–Crippen MR) is 144 cm³/mol. The lowest BCUT2D eigenvalue weighted by atomic mass is 10.3. The van der Waals surface area contributed by atoms with Crippen LogP contribution in [-0.2, 0) is 0 Å². The highest BCUT2D eigenvalue weighted by molar-refractivity contribution is 6.38. The average Bonchev–Trinajstić information content (AvgIpc) is 3.43. The Hall–Kier alpha value is -3.21. The van der Waals surface area contributed by atoms with Gasteiger partial charge in [0.1, 0.15) is 33.7 Å². The molecule has 0 saturated carbocycles. The van der Waals surface area contributed by atoms with Crippen molar-refractivity contribution >= 4 is 79.8 Å². The number of hydrogen-bond acceptors (Lipinski definition) is 4. The molecular formula is C24H11Cl5F2N6O. The van der Waals surface area contributed by atoms with Gasteiger partial charge in [0.05, 0.1) is 36.4 Å². The summed E-state index contributed by atoms with van der Waals surface area (Å²) in [5, 5.41) is 22.0. The lowest BCUT2D eigenvalue weighted by Gasteiger charge is -2.06. The van der Waals surface area contributed by atoms with Crippen molar-refractivity contribution in [1.29, 1.82) is 0 Å². The molecule has 6 aromatic rings. The van der Waals surface area contributed by atoms with E-state index in [2.05, 4.69) is 15.2 Å². The number of benzene rings is 2. The van der Waals surface area contributed by atoms with Gasteiger partial charge in [-0.1, -0.05) is 58.0 Å². The molecule has 0 spiro atoms. The molecule has 0 aliphatic rings. The van der Waals surface area contributed by atoms with E-state index in [4.69, 9.17) is 58.0 Å². The zero-order chi connectivity index (χ0) is 27.1. The fourth-order valence-corrected chi connectivity index (χ4v) is 5.07. The Balaban J connectivity index is 0.000000155. The van der Waals surface area contributed by atoms with Crippen molar-refractivity contribution in [2.24, 2.45) is 0 Å². The fraction of sp³-hybridized carbons (Fsp3) is 0. The summed E-state index contributed by atoms with van der Waals surface area (Å²) in [6.07, 6.45) is 7.53. The van der Waals surface area contributed by atoms with Gasteiger partial charge in [0.25, 0.3) is 0 Å². The average molecular weight is 615 g/mol. The van der Waals surface area contributed by atoms with Crippen LogP contribution in [0.4, 0.5) is 8.78 Å². The van der Waals surface area contributed by atoms with Crippen molar-refractivity contribution < 1.29 is 13.5 Å². The van der Waals surface area contributed by atoms with Crippen molar-refractivity contribution in [3.63, 3.8) is 0 Å². The highest BCUT2D eigenvalue weighted by Crippen LogP contribution is 2.32. The van der Waals surface area contributed by atoms with Gasteiger partial charge in [-0.05, 0) is 30.3 Å². The van der Waals surface area contributed by atoms with E-state index in [0.29, 0.717) is 43.1 Å². The summed E-state index contributed by atoms with van der Waals surface area (Å²) in [4.78, 5) is 3.96. The Bertz CT molecular complexity index is 1790. The quantitative estimate of drug-likeness (QED) is 0.114. The molecule has 0 aliphatic carbocycles. The Labute approximate surface area is 237 Å². The summed E-state index contributed by atoms with van der Waals surface area (Å²) in [5.41, 5.74) is 2.04. The molecule has 0 unspecified atom stereocenters. The molecule has 4 aromatic heterocycles. The van der Waals surface area contributed by atoms with E-state index >= 15 is 0 Å². The Kier molecular flexibility index (Phi) is 7.30. The van der Waals surface area contributed by atoms with E-state index < -0.39 is 11.6 Å². The molecule has 0 amide bonds. The molecule has 0 saturated heterocycles. The molecule has 0 N–H and O–H groups in total. The minimum Gasteiger partial charge on any atom is -0.619 e. The van der Waals surface area contributed by atoms with Crippen molar-refractivity contribution in [1.82, 2.24) is 24.5 Å². The number of halogens is 7. The van der Waals surface area contributed by atoms with Crippen LogP contribution in [-0.4, -0.2) is 24.5 Å². The molecule has 38 heavy (non-hydrogen) atoms. The topological polar surface area (TPSA) is 75.5 Å². The normalized spacial score (nSPS) is 11.1. The molecule has 0 atom stereocenters. The number of aromatic nitrogens is 6. The third-order valence-corrected chi connectivity index (χ3v) is 6.68. The van der Waals surface area contributed by atoms with Crippen LogP contribution in [0.1, 0.15) is 0 Å². The summed E-state index contributed by atoms with van der Waals surface area (Å²) in [6, 6.07) is 7.95. The van der Waals surface area contributed by atoms with Crippen molar-refractivity contribution in [2.45, 2.75) is 0 Å². The van der Waals surface area contributed by atoms with Crippen LogP contribution in [0.5, 0.6) is 0 Å². The SMILES string of the molecule is Fc1cc(Cl)c(-n2cc3c(Cl)nccc3n2)c(Cl)c1.[O-][n+]1ccc2nn(-c3c(Cl)cc(F)cc3Cl)cc2c1. The van der Waals surface area contributed by atoms with E-state index in [1.807, 2.05) is 0 Å². The Morgan fingerprint density at radius 1 is 0.737 bits per heavy atom. The molecule has 0 aliphatic heterocycles. The van der Waals surface area contributed by atoms with Gasteiger partial charge in [0.15, 0.2) is 12.4 Å². The van der Waals surface area contributed by atoms with Crippen LogP contribution in [0, 0.1) is 16.8 Å². The maximum atomic E-state index is 13.2. The van der Waals surface area contributed by atoms with E-state index in [1.54, 1.807) is 30.7 Å². The van der Waals surface area contributed by atoms with Gasteiger partial charge in [-0.25, -0.2) is 23.1 Å². The number of fused-ring (bicyclic) bond motifs is 2. The summed E-state index contributed by atoms with van der Waals surface area (Å²) >= 11 is 29.9. The fourth-order valence-electron chi connectivity index (χ4n) is 3.60. The number of pyridine rings is 2. The Morgan fingerprint density at radius 3 is 1.82 bits per heavy atom. The third-order valence-electron chi connectivity index (χ3n) is 5.23. The molecule has 0 bridgehead atoms. The first kappa shape index (κ1) is 26.4. The van der Waals surface area contributed by atoms with Gasteiger partial charge in [-0.3, -0.25) is 0 Å². The van der Waals surface area contributed by atoms with Gasteiger partial charge in [-0.15, -0.1) is 0 Å². The summed E-state index contributed by atoms with van der Waals surface area (Å²) < 4.78 is 29.9. The van der Waals surface area contributed by atoms with E-state index in [9.17, 15) is 14.0 Å². The number of hydrogen-bond donors (Lipinski definition) is 0. The van der Waals surface area contributed by atoms with Gasteiger partial charge < -0.3 is 5.21 Å². The second-order valence-electron chi connectivity index (χ2n) is 7.76. The molecule has 7 nitrogen and oxygen atoms in total. The van der Waals surface area contributed by atoms with Crippen LogP contribution in [0.2, 0.25) is 25.2 Å². The number of rotatable bonds is 2. The smallest absolute Gasteiger partial charge is 0.191 e. The van der Waals surface area contributed by atoms with Gasteiger partial charge in [0, 0.05) is 24.7 Å². The maximum absolute atomic E-state index is 13.2. The molecule has 6 rings (SSSR count). The van der Waals surface area contributed by atoms with Crippen LogP contribution >= 0.6 is 58.0 Å². The van der Waals surface area contributed by atoms with Crippen LogP contribution < -0.4 is 4.73 Å². The molecule has 14 heteroatoms. The third kappa shape index (κ3) is 5.21. The highest BCUT2D eigenvalue weighted by Gasteiger charge is 2.15. The summed E-state index contributed by atoms with van der Waals surface area (Å²) in [6.45, 7) is 0. The monoisotopic (exact) mass is 612 g/mol. The van der Waals surface area contributed by atoms with Gasteiger partial charge >= 0.3 is 0 Å². The van der Waals surface area contributed by atoms with E-state index in [0.717, 1.165) is 12.1 Å². The van der Waals surface area contributed by atoms with Crippen molar-refractivity contribution in [3.05, 3.63) is 109 Å². The zero-order valence-electron chi connectivity index (χ0n) is 18.6. The summed E-state index contributed by atoms with van der Waals surface area (Å²) in [7, 11) is 0. The zero-order valence-corrected chi connectivity index (χ0v) is 22.4. The molecule has 192 valence electrons. The van der Waals surface area contributed by atoms with Gasteiger partial charge in [0.2, 0.25) is 0 Å². The molecule has 0 radical (unpaired) electrons. The first-order chi connectivity index (χ1) is 18.1. The van der Waals surface area contributed by atoms with Crippen molar-refractivity contribution in [2.75, 3.05) is 0 Å². The first-order valence-electron chi connectivity index (χ1n) is 10.5. The highest BCUT2D eigenvalue weighted by atomic mass is 35.5. The minimum absolute atomic E-state index is 0.146. The number of nitrogens with zero attached hydrogens (tertiary/aromatic N) is 6. The van der Waals surface area contributed by atoms with E-state index in [1.165, 1.54) is 33.9 Å². The Morgan fingerprint density at radius 2 is 1.26 bits per heavy atom. The van der Waals surface area contributed by atoms with Gasteiger partial charge in [-0.2, -0.15) is 14.9 Å². The standard InChI is InChI=1S/C12H5Cl3FN3.C12H6Cl2FN3O/c13-8-3-6(16)4-9(14)11(8)19-5-7-10(18-19)1-2-17-12(7)15;13-9-3-8(15)4-10(14)12(9)18-6-7-5-17(19)2-1-11(7)16-18/h1-5H;1-6H.